The molecular formula is C16H15NO2. The van der Waals surface area contributed by atoms with E-state index in [2.05, 4.69) is 4.98 Å². The summed E-state index contributed by atoms with van der Waals surface area (Å²) >= 11 is 0. The molecular weight excluding hydrogens is 238 g/mol. The molecule has 1 fully saturated rings. The summed E-state index contributed by atoms with van der Waals surface area (Å²) in [6.07, 6.45) is 2.55. The van der Waals surface area contributed by atoms with Gasteiger partial charge in [0, 0.05) is 11.3 Å². The molecule has 3 heteroatoms. The van der Waals surface area contributed by atoms with Crippen LogP contribution < -0.4 is 4.74 Å². The lowest BCUT2D eigenvalue weighted by atomic mass is 10.1. The van der Waals surface area contributed by atoms with Crippen molar-refractivity contribution >= 4 is 5.78 Å². The zero-order chi connectivity index (χ0) is 13.2. The molecule has 0 unspecified atom stereocenters. The van der Waals surface area contributed by atoms with E-state index in [0.717, 1.165) is 24.3 Å². The van der Waals surface area contributed by atoms with Gasteiger partial charge in [-0.05, 0) is 44.0 Å². The maximum atomic E-state index is 12.3. The summed E-state index contributed by atoms with van der Waals surface area (Å²) < 4.78 is 5.70. The summed E-state index contributed by atoms with van der Waals surface area (Å²) in [5, 5.41) is 0. The SMILES string of the molecule is Cc1cccc(C(=O)c2cccc(OC3CC3)c2)n1. The fourth-order valence-electron chi connectivity index (χ4n) is 1.91. The van der Waals surface area contributed by atoms with Gasteiger partial charge in [-0.3, -0.25) is 4.79 Å². The van der Waals surface area contributed by atoms with Crippen molar-refractivity contribution < 1.29 is 9.53 Å². The second kappa shape index (κ2) is 4.84. The molecule has 19 heavy (non-hydrogen) atoms. The predicted octanol–water partition coefficient (Wildman–Crippen LogP) is 3.16. The van der Waals surface area contributed by atoms with Gasteiger partial charge in [-0.1, -0.05) is 18.2 Å². The number of carbonyl (C=O) groups is 1. The number of pyridine rings is 1. The van der Waals surface area contributed by atoms with E-state index >= 15 is 0 Å². The van der Waals surface area contributed by atoms with Crippen LogP contribution in [0.4, 0.5) is 0 Å². The Hall–Kier alpha value is -2.16. The molecule has 2 aromatic rings. The summed E-state index contributed by atoms with van der Waals surface area (Å²) in [5.74, 6) is 0.700. The van der Waals surface area contributed by atoms with E-state index in [0.29, 0.717) is 17.4 Å². The number of aryl methyl sites for hydroxylation is 1. The van der Waals surface area contributed by atoms with Gasteiger partial charge in [-0.2, -0.15) is 0 Å². The fraction of sp³-hybridized carbons (Fsp3) is 0.250. The van der Waals surface area contributed by atoms with Crippen molar-refractivity contribution in [3.63, 3.8) is 0 Å². The average molecular weight is 253 g/mol. The first kappa shape index (κ1) is 11.9. The van der Waals surface area contributed by atoms with E-state index in [1.54, 1.807) is 18.2 Å². The number of ketones is 1. The number of hydrogen-bond acceptors (Lipinski definition) is 3. The molecule has 96 valence electrons. The molecule has 0 bridgehead atoms. The lowest BCUT2D eigenvalue weighted by molar-refractivity contribution is 0.103. The van der Waals surface area contributed by atoms with Gasteiger partial charge in [0.15, 0.2) is 0 Å². The Kier molecular flexibility index (Phi) is 3.03. The van der Waals surface area contributed by atoms with Crippen LogP contribution in [0.3, 0.4) is 0 Å². The van der Waals surface area contributed by atoms with Crippen LogP contribution in [-0.4, -0.2) is 16.9 Å². The van der Waals surface area contributed by atoms with Gasteiger partial charge < -0.3 is 4.74 Å². The summed E-state index contributed by atoms with van der Waals surface area (Å²) in [7, 11) is 0. The Bertz CT molecular complexity index is 618. The summed E-state index contributed by atoms with van der Waals surface area (Å²) in [6, 6.07) is 12.8. The van der Waals surface area contributed by atoms with Crippen molar-refractivity contribution in [3.05, 3.63) is 59.4 Å². The van der Waals surface area contributed by atoms with Gasteiger partial charge in [0.05, 0.1) is 6.10 Å². The first-order valence-corrected chi connectivity index (χ1v) is 6.47. The summed E-state index contributed by atoms with van der Waals surface area (Å²) in [4.78, 5) is 16.6. The normalized spacial score (nSPS) is 14.2. The zero-order valence-corrected chi connectivity index (χ0v) is 10.8. The molecule has 0 spiro atoms. The highest BCUT2D eigenvalue weighted by Crippen LogP contribution is 2.27. The van der Waals surface area contributed by atoms with Gasteiger partial charge in [0.2, 0.25) is 5.78 Å². The van der Waals surface area contributed by atoms with Crippen molar-refractivity contribution in [3.8, 4) is 5.75 Å². The highest BCUT2D eigenvalue weighted by atomic mass is 16.5. The van der Waals surface area contributed by atoms with Crippen LogP contribution >= 0.6 is 0 Å². The third kappa shape index (κ3) is 2.81. The van der Waals surface area contributed by atoms with Gasteiger partial charge in [0.1, 0.15) is 11.4 Å². The Morgan fingerprint density at radius 3 is 2.74 bits per heavy atom. The van der Waals surface area contributed by atoms with E-state index < -0.39 is 0 Å². The molecule has 0 aliphatic heterocycles. The van der Waals surface area contributed by atoms with Crippen LogP contribution in [0.5, 0.6) is 5.75 Å². The van der Waals surface area contributed by atoms with Crippen LogP contribution in [-0.2, 0) is 0 Å². The first-order chi connectivity index (χ1) is 9.22. The Balaban J connectivity index is 1.86. The largest absolute Gasteiger partial charge is 0.490 e. The maximum Gasteiger partial charge on any atom is 0.211 e. The number of rotatable bonds is 4. The van der Waals surface area contributed by atoms with Crippen LogP contribution in [0.25, 0.3) is 0 Å². The molecule has 1 aliphatic rings. The van der Waals surface area contributed by atoms with E-state index in [1.807, 2.05) is 31.2 Å². The quantitative estimate of drug-likeness (QED) is 0.786. The van der Waals surface area contributed by atoms with E-state index in [-0.39, 0.29) is 5.78 Å². The molecule has 0 saturated heterocycles. The fourth-order valence-corrected chi connectivity index (χ4v) is 1.91. The van der Waals surface area contributed by atoms with Gasteiger partial charge >= 0.3 is 0 Å². The first-order valence-electron chi connectivity index (χ1n) is 6.47. The topological polar surface area (TPSA) is 39.2 Å². The van der Waals surface area contributed by atoms with E-state index in [4.69, 9.17) is 4.74 Å². The summed E-state index contributed by atoms with van der Waals surface area (Å²) in [5.41, 5.74) is 1.94. The van der Waals surface area contributed by atoms with Crippen LogP contribution in [0.15, 0.2) is 42.5 Å². The van der Waals surface area contributed by atoms with Crippen LogP contribution in [0, 0.1) is 6.92 Å². The lowest BCUT2D eigenvalue weighted by Gasteiger charge is -2.06. The molecule has 0 radical (unpaired) electrons. The molecule has 3 rings (SSSR count). The highest BCUT2D eigenvalue weighted by Gasteiger charge is 2.23. The van der Waals surface area contributed by atoms with Gasteiger partial charge in [-0.15, -0.1) is 0 Å². The minimum absolute atomic E-state index is 0.0649. The molecule has 0 amide bonds. The third-order valence-electron chi connectivity index (χ3n) is 3.04. The smallest absolute Gasteiger partial charge is 0.211 e. The van der Waals surface area contributed by atoms with E-state index in [9.17, 15) is 4.79 Å². The molecule has 3 nitrogen and oxygen atoms in total. The number of hydrogen-bond donors (Lipinski definition) is 0. The third-order valence-corrected chi connectivity index (χ3v) is 3.04. The number of benzene rings is 1. The Morgan fingerprint density at radius 2 is 2.00 bits per heavy atom. The Morgan fingerprint density at radius 1 is 1.21 bits per heavy atom. The van der Waals surface area contributed by atoms with Crippen molar-refractivity contribution in [1.29, 1.82) is 0 Å². The number of ether oxygens (including phenoxy) is 1. The second-order valence-corrected chi connectivity index (χ2v) is 4.84. The second-order valence-electron chi connectivity index (χ2n) is 4.84. The number of carbonyl (C=O) groups excluding carboxylic acids is 1. The molecule has 1 heterocycles. The molecule has 1 saturated carbocycles. The standard InChI is InChI=1S/C16H15NO2/c1-11-4-2-7-15(17-11)16(18)12-5-3-6-14(10-12)19-13-8-9-13/h2-7,10,13H,8-9H2,1H3. The van der Waals surface area contributed by atoms with Crippen molar-refractivity contribution in [2.24, 2.45) is 0 Å². The monoisotopic (exact) mass is 253 g/mol. The summed E-state index contributed by atoms with van der Waals surface area (Å²) in [6.45, 7) is 1.88. The van der Waals surface area contributed by atoms with Crippen molar-refractivity contribution in [1.82, 2.24) is 4.98 Å². The zero-order valence-electron chi connectivity index (χ0n) is 10.8. The number of aromatic nitrogens is 1. The molecule has 0 N–H and O–H groups in total. The van der Waals surface area contributed by atoms with E-state index in [1.165, 1.54) is 0 Å². The molecule has 1 aromatic heterocycles. The molecule has 1 aromatic carbocycles. The van der Waals surface area contributed by atoms with Crippen LogP contribution in [0.1, 0.15) is 34.6 Å². The van der Waals surface area contributed by atoms with Crippen molar-refractivity contribution in [2.75, 3.05) is 0 Å². The van der Waals surface area contributed by atoms with Gasteiger partial charge in [-0.25, -0.2) is 4.98 Å². The molecule has 0 atom stereocenters. The highest BCUT2D eigenvalue weighted by molar-refractivity contribution is 6.07. The van der Waals surface area contributed by atoms with Gasteiger partial charge in [0.25, 0.3) is 0 Å². The van der Waals surface area contributed by atoms with Crippen molar-refractivity contribution in [2.45, 2.75) is 25.9 Å². The van der Waals surface area contributed by atoms with Crippen LogP contribution in [0.2, 0.25) is 0 Å². The Labute approximate surface area is 112 Å². The predicted molar refractivity (Wildman–Crippen MR) is 72.5 cm³/mol. The molecule has 1 aliphatic carbocycles. The maximum absolute atomic E-state index is 12.3. The minimum Gasteiger partial charge on any atom is -0.490 e. The number of nitrogens with zero attached hydrogens (tertiary/aromatic N) is 1. The minimum atomic E-state index is -0.0649. The lowest BCUT2D eigenvalue weighted by Crippen LogP contribution is -2.05. The average Bonchev–Trinajstić information content (AvgIpc) is 3.22.